The highest BCUT2D eigenvalue weighted by atomic mass is 31.2. The van der Waals surface area contributed by atoms with Crippen molar-refractivity contribution >= 4 is 19.8 Å². The molecule has 0 aromatic rings. The average molecular weight is 765 g/mol. The molecular weight excluding hydrogens is 687 g/mol. The summed E-state index contributed by atoms with van der Waals surface area (Å²) in [5.41, 5.74) is 0. The standard InChI is InChI=1S/C44H77O8P/c1-3-5-7-9-11-13-15-17-19-21-22-23-25-26-28-30-32-34-36-38-43(45)50-40-42(41-51-53(47,48)49)52-44(46)39-37-35-33-31-29-27-24-20-18-16-14-12-10-8-6-4-2/h5,7,11,13,17,19,22-23,26,28,42H,3-4,6,8-10,12,14-16,18,20-21,24-25,27,29-41H2,1-2H3,(H2,47,48,49)/b7-5+,13-11+,19-17+,23-22+,28-26+/t42-/m1/s1. The topological polar surface area (TPSA) is 119 Å². The second-order valence-electron chi connectivity index (χ2n) is 13.9. The minimum absolute atomic E-state index is 0.205. The number of carbonyl (C=O) groups excluding carboxylic acids is 2. The van der Waals surface area contributed by atoms with Gasteiger partial charge in [-0.25, -0.2) is 4.57 Å². The van der Waals surface area contributed by atoms with E-state index in [0.29, 0.717) is 12.8 Å². The van der Waals surface area contributed by atoms with Gasteiger partial charge in [-0.2, -0.15) is 0 Å². The molecule has 306 valence electrons. The van der Waals surface area contributed by atoms with E-state index in [-0.39, 0.29) is 19.4 Å². The number of rotatable bonds is 38. The van der Waals surface area contributed by atoms with E-state index in [1.807, 2.05) is 0 Å². The third-order valence-corrected chi connectivity index (χ3v) is 9.29. The van der Waals surface area contributed by atoms with Crippen LogP contribution in [0.1, 0.15) is 187 Å². The Bertz CT molecular complexity index is 1040. The molecule has 0 heterocycles. The van der Waals surface area contributed by atoms with Crippen LogP contribution >= 0.6 is 7.82 Å². The Labute approximate surface area is 324 Å². The summed E-state index contributed by atoms with van der Waals surface area (Å²) in [5.74, 6) is -0.921. The molecule has 9 heteroatoms. The summed E-state index contributed by atoms with van der Waals surface area (Å²) in [6, 6.07) is 0. The third kappa shape index (κ3) is 42.4. The maximum Gasteiger partial charge on any atom is 0.469 e. The predicted molar refractivity (Wildman–Crippen MR) is 221 cm³/mol. The summed E-state index contributed by atoms with van der Waals surface area (Å²) < 4.78 is 26.4. The predicted octanol–water partition coefficient (Wildman–Crippen LogP) is 12.9. The van der Waals surface area contributed by atoms with Crippen LogP contribution in [0.5, 0.6) is 0 Å². The minimum atomic E-state index is -4.76. The molecule has 1 atom stereocenters. The molecule has 0 radical (unpaired) electrons. The smallest absolute Gasteiger partial charge is 0.462 e. The van der Waals surface area contributed by atoms with Crippen molar-refractivity contribution in [2.24, 2.45) is 0 Å². The molecule has 0 bridgehead atoms. The molecule has 0 aliphatic rings. The van der Waals surface area contributed by atoms with Crippen molar-refractivity contribution in [3.63, 3.8) is 0 Å². The van der Waals surface area contributed by atoms with Gasteiger partial charge in [0.15, 0.2) is 6.10 Å². The van der Waals surface area contributed by atoms with Crippen molar-refractivity contribution in [2.45, 2.75) is 193 Å². The Hall–Kier alpha value is -2.25. The van der Waals surface area contributed by atoms with Gasteiger partial charge in [0.1, 0.15) is 6.61 Å². The Morgan fingerprint density at radius 3 is 1.36 bits per heavy atom. The van der Waals surface area contributed by atoms with Gasteiger partial charge >= 0.3 is 19.8 Å². The number of hydrogen-bond acceptors (Lipinski definition) is 6. The summed E-state index contributed by atoms with van der Waals surface area (Å²) in [7, 11) is -4.76. The summed E-state index contributed by atoms with van der Waals surface area (Å²) in [4.78, 5) is 42.9. The molecule has 0 aliphatic heterocycles. The van der Waals surface area contributed by atoms with Crippen molar-refractivity contribution < 1.29 is 37.9 Å². The molecule has 0 aromatic heterocycles. The van der Waals surface area contributed by atoms with Crippen LogP contribution in [-0.4, -0.2) is 41.0 Å². The number of phosphoric ester groups is 1. The zero-order chi connectivity index (χ0) is 38.9. The lowest BCUT2D eigenvalue weighted by Crippen LogP contribution is -2.29. The van der Waals surface area contributed by atoms with E-state index in [2.05, 4.69) is 79.1 Å². The van der Waals surface area contributed by atoms with Crippen LogP contribution in [0.2, 0.25) is 0 Å². The van der Waals surface area contributed by atoms with Gasteiger partial charge in [-0.05, 0) is 57.8 Å². The van der Waals surface area contributed by atoms with E-state index < -0.39 is 32.5 Å². The van der Waals surface area contributed by atoms with Crippen LogP contribution in [0.15, 0.2) is 60.8 Å². The highest BCUT2D eigenvalue weighted by Crippen LogP contribution is 2.36. The minimum Gasteiger partial charge on any atom is -0.462 e. The SMILES string of the molecule is CC/C=C/C/C=C/C/C=C/C/C=C/C/C=C/CCCCCC(=O)OC[C@H](COP(=O)(O)O)OC(=O)CCCCCCCCCCCCCCCCCC. The number of esters is 2. The fourth-order valence-electron chi connectivity index (χ4n) is 5.69. The second-order valence-corrected chi connectivity index (χ2v) is 15.2. The first-order valence-corrected chi connectivity index (χ1v) is 22.6. The van der Waals surface area contributed by atoms with Crippen molar-refractivity contribution in [3.8, 4) is 0 Å². The van der Waals surface area contributed by atoms with E-state index in [4.69, 9.17) is 19.3 Å². The largest absolute Gasteiger partial charge is 0.469 e. The van der Waals surface area contributed by atoms with Crippen molar-refractivity contribution in [2.75, 3.05) is 13.2 Å². The zero-order valence-corrected chi connectivity index (χ0v) is 34.5. The lowest BCUT2D eigenvalue weighted by molar-refractivity contribution is -0.161. The van der Waals surface area contributed by atoms with Crippen LogP contribution < -0.4 is 0 Å². The highest BCUT2D eigenvalue weighted by molar-refractivity contribution is 7.46. The number of hydrogen-bond donors (Lipinski definition) is 2. The van der Waals surface area contributed by atoms with Crippen molar-refractivity contribution in [3.05, 3.63) is 60.8 Å². The van der Waals surface area contributed by atoms with Gasteiger partial charge in [0.2, 0.25) is 0 Å². The fourth-order valence-corrected chi connectivity index (χ4v) is 6.05. The molecule has 0 aliphatic carbocycles. The summed E-state index contributed by atoms with van der Waals surface area (Å²) in [5, 5.41) is 0. The second kappa shape index (κ2) is 39.4. The van der Waals surface area contributed by atoms with E-state index in [0.717, 1.165) is 70.6 Å². The quantitative estimate of drug-likeness (QED) is 0.0276. The number of unbranched alkanes of at least 4 members (excludes halogenated alkanes) is 18. The van der Waals surface area contributed by atoms with Gasteiger partial charge in [-0.3, -0.25) is 14.1 Å². The van der Waals surface area contributed by atoms with Crippen LogP contribution in [0.3, 0.4) is 0 Å². The molecule has 53 heavy (non-hydrogen) atoms. The van der Waals surface area contributed by atoms with Gasteiger partial charge in [0.05, 0.1) is 6.61 Å². The molecule has 0 rings (SSSR count). The molecule has 2 N–H and O–H groups in total. The number of phosphoric acid groups is 1. The maximum absolute atomic E-state index is 12.4. The van der Waals surface area contributed by atoms with Crippen LogP contribution in [0.25, 0.3) is 0 Å². The van der Waals surface area contributed by atoms with Crippen LogP contribution in [0, 0.1) is 0 Å². The molecule has 8 nitrogen and oxygen atoms in total. The molecule has 0 saturated carbocycles. The molecule has 0 aromatic carbocycles. The average Bonchev–Trinajstić information content (AvgIpc) is 3.13. The van der Waals surface area contributed by atoms with Gasteiger partial charge in [-0.1, -0.05) is 177 Å². The first kappa shape index (κ1) is 50.8. The summed E-state index contributed by atoms with van der Waals surface area (Å²) >= 11 is 0. The van der Waals surface area contributed by atoms with Crippen LogP contribution in [-0.2, 0) is 28.2 Å². The first-order chi connectivity index (χ1) is 25.8. The van der Waals surface area contributed by atoms with Crippen LogP contribution in [0.4, 0.5) is 0 Å². The molecular formula is C44H77O8P. The Morgan fingerprint density at radius 1 is 0.509 bits per heavy atom. The Kier molecular flexibility index (Phi) is 37.8. The van der Waals surface area contributed by atoms with Crippen molar-refractivity contribution in [1.29, 1.82) is 0 Å². The van der Waals surface area contributed by atoms with E-state index >= 15 is 0 Å². The van der Waals surface area contributed by atoms with E-state index in [9.17, 15) is 14.2 Å². The van der Waals surface area contributed by atoms with Gasteiger partial charge < -0.3 is 19.3 Å². The molecule has 0 fully saturated rings. The van der Waals surface area contributed by atoms with Gasteiger partial charge in [0, 0.05) is 12.8 Å². The molecule has 0 amide bonds. The fraction of sp³-hybridized carbons (Fsp3) is 0.727. The Morgan fingerprint density at radius 2 is 0.906 bits per heavy atom. The lowest BCUT2D eigenvalue weighted by atomic mass is 10.0. The normalized spacial score (nSPS) is 13.1. The van der Waals surface area contributed by atoms with Crippen molar-refractivity contribution in [1.82, 2.24) is 0 Å². The van der Waals surface area contributed by atoms with Gasteiger partial charge in [-0.15, -0.1) is 0 Å². The third-order valence-electron chi connectivity index (χ3n) is 8.80. The first-order valence-electron chi connectivity index (χ1n) is 21.1. The highest BCUT2D eigenvalue weighted by Gasteiger charge is 2.22. The monoisotopic (exact) mass is 765 g/mol. The number of allylic oxidation sites excluding steroid dienone is 10. The summed E-state index contributed by atoms with van der Waals surface area (Å²) in [6.07, 6.45) is 49.4. The van der Waals surface area contributed by atoms with E-state index in [1.54, 1.807) is 0 Å². The number of ether oxygens (including phenoxy) is 2. The van der Waals surface area contributed by atoms with E-state index in [1.165, 1.54) is 77.0 Å². The lowest BCUT2D eigenvalue weighted by Gasteiger charge is -2.18. The van der Waals surface area contributed by atoms with Gasteiger partial charge in [0.25, 0.3) is 0 Å². The molecule has 0 spiro atoms. The molecule has 0 saturated heterocycles. The molecule has 0 unspecified atom stereocenters. The number of carbonyl (C=O) groups is 2. The maximum atomic E-state index is 12.4. The zero-order valence-electron chi connectivity index (χ0n) is 33.6. The summed E-state index contributed by atoms with van der Waals surface area (Å²) in [6.45, 7) is 3.55. The Balaban J connectivity index is 3.98.